The summed E-state index contributed by atoms with van der Waals surface area (Å²) < 4.78 is 62.7. The third kappa shape index (κ3) is 5.77. The number of ether oxygens (including phenoxy) is 3. The van der Waals surface area contributed by atoms with Crippen LogP contribution in [0.3, 0.4) is 0 Å². The Kier molecular flexibility index (Phi) is 6.98. The lowest BCUT2D eigenvalue weighted by Crippen LogP contribution is -2.18. The van der Waals surface area contributed by atoms with Gasteiger partial charge >= 0.3 is 12.1 Å². The average molecular weight is 512 g/mol. The number of fused-ring (bicyclic) bond motifs is 1. The van der Waals surface area contributed by atoms with Gasteiger partial charge in [0.2, 0.25) is 11.2 Å². The Morgan fingerprint density at radius 2 is 1.57 bits per heavy atom. The second-order valence-electron chi connectivity index (χ2n) is 8.62. The van der Waals surface area contributed by atoms with Crippen LogP contribution >= 0.6 is 0 Å². The van der Waals surface area contributed by atoms with Crippen LogP contribution in [0, 0.1) is 27.7 Å². The summed E-state index contributed by atoms with van der Waals surface area (Å²) in [6.07, 6.45) is -5.02. The zero-order valence-corrected chi connectivity index (χ0v) is 20.5. The van der Waals surface area contributed by atoms with E-state index in [2.05, 4.69) is 0 Å². The molecule has 6 nitrogen and oxygen atoms in total. The minimum Gasteiger partial charge on any atom is -0.482 e. The fourth-order valence-electron chi connectivity index (χ4n) is 3.53. The molecule has 0 aliphatic rings. The number of hydrogen-bond acceptors (Lipinski definition) is 6. The first-order valence-electron chi connectivity index (χ1n) is 11.3. The van der Waals surface area contributed by atoms with Gasteiger partial charge in [-0.2, -0.15) is 13.2 Å². The Morgan fingerprint density at radius 1 is 0.865 bits per heavy atom. The van der Waals surface area contributed by atoms with Crippen molar-refractivity contribution in [1.82, 2.24) is 0 Å². The summed E-state index contributed by atoms with van der Waals surface area (Å²) in [4.78, 5) is 25.3. The average Bonchev–Trinajstić information content (AvgIpc) is 2.83. The van der Waals surface area contributed by atoms with Gasteiger partial charge in [-0.05, 0) is 80.3 Å². The molecule has 0 bridgehead atoms. The van der Waals surface area contributed by atoms with E-state index in [9.17, 15) is 22.8 Å². The number of halogens is 3. The van der Waals surface area contributed by atoms with Gasteiger partial charge in [0.15, 0.2) is 6.61 Å². The van der Waals surface area contributed by atoms with Crippen LogP contribution in [0.15, 0.2) is 63.8 Å². The molecule has 0 unspecified atom stereocenters. The van der Waals surface area contributed by atoms with E-state index in [1.807, 2.05) is 19.9 Å². The highest BCUT2D eigenvalue weighted by atomic mass is 19.4. The third-order valence-electron chi connectivity index (χ3n) is 5.70. The molecule has 37 heavy (non-hydrogen) atoms. The van der Waals surface area contributed by atoms with Gasteiger partial charge in [0.25, 0.3) is 5.76 Å². The van der Waals surface area contributed by atoms with Gasteiger partial charge in [-0.3, -0.25) is 4.79 Å². The molecule has 9 heteroatoms. The lowest BCUT2D eigenvalue weighted by molar-refractivity contribution is -0.154. The first kappa shape index (κ1) is 25.8. The minimum absolute atomic E-state index is 0.103. The van der Waals surface area contributed by atoms with Crippen molar-refractivity contribution < 1.29 is 36.6 Å². The molecule has 0 saturated carbocycles. The van der Waals surface area contributed by atoms with Crippen LogP contribution in [0.25, 0.3) is 11.0 Å². The SMILES string of the molecule is Cc1ccc(C)c(Oc2c(C(F)(F)F)oc3cc(OC(=O)COc4ccc(C)c(C)c4)ccc3c2=O)c1. The maximum absolute atomic E-state index is 13.8. The monoisotopic (exact) mass is 512 g/mol. The molecule has 1 heterocycles. The van der Waals surface area contributed by atoms with Crippen LogP contribution in [-0.2, 0) is 11.0 Å². The molecule has 0 spiro atoms. The predicted octanol–water partition coefficient (Wildman–Crippen LogP) is 6.82. The van der Waals surface area contributed by atoms with E-state index in [1.165, 1.54) is 18.2 Å². The topological polar surface area (TPSA) is 75.0 Å². The second kappa shape index (κ2) is 10.0. The number of rotatable bonds is 6. The number of carbonyl (C=O) groups excluding carboxylic acids is 1. The molecule has 1 aromatic heterocycles. The van der Waals surface area contributed by atoms with Gasteiger partial charge in [0, 0.05) is 6.07 Å². The van der Waals surface area contributed by atoms with E-state index in [0.29, 0.717) is 11.3 Å². The Morgan fingerprint density at radius 3 is 2.27 bits per heavy atom. The molecule has 0 amide bonds. The van der Waals surface area contributed by atoms with Crippen LogP contribution in [0.1, 0.15) is 28.0 Å². The van der Waals surface area contributed by atoms with Crippen LogP contribution in [0.5, 0.6) is 23.0 Å². The number of aryl methyl sites for hydroxylation is 4. The number of alkyl halides is 3. The molecular weight excluding hydrogens is 489 g/mol. The van der Waals surface area contributed by atoms with E-state index in [1.54, 1.807) is 38.1 Å². The van der Waals surface area contributed by atoms with Gasteiger partial charge in [-0.1, -0.05) is 18.2 Å². The molecule has 0 radical (unpaired) electrons. The molecule has 0 atom stereocenters. The highest BCUT2D eigenvalue weighted by Crippen LogP contribution is 2.39. The highest BCUT2D eigenvalue weighted by molar-refractivity contribution is 5.81. The molecule has 0 saturated heterocycles. The van der Waals surface area contributed by atoms with Crippen LogP contribution in [0.2, 0.25) is 0 Å². The van der Waals surface area contributed by atoms with Crippen molar-refractivity contribution in [2.75, 3.05) is 6.61 Å². The van der Waals surface area contributed by atoms with Gasteiger partial charge in [0.05, 0.1) is 5.39 Å². The Hall–Kier alpha value is -4.27. The van der Waals surface area contributed by atoms with E-state index in [-0.39, 0.29) is 16.9 Å². The third-order valence-corrected chi connectivity index (χ3v) is 5.70. The van der Waals surface area contributed by atoms with Crippen molar-refractivity contribution in [2.24, 2.45) is 0 Å². The maximum atomic E-state index is 13.8. The molecule has 0 N–H and O–H groups in total. The first-order chi connectivity index (χ1) is 17.4. The van der Waals surface area contributed by atoms with E-state index in [0.717, 1.165) is 22.8 Å². The van der Waals surface area contributed by atoms with Crippen molar-refractivity contribution in [3.63, 3.8) is 0 Å². The fraction of sp³-hybridized carbons (Fsp3) is 0.214. The molecule has 0 aliphatic carbocycles. The van der Waals surface area contributed by atoms with Crippen LogP contribution in [0.4, 0.5) is 13.2 Å². The predicted molar refractivity (Wildman–Crippen MR) is 131 cm³/mol. The van der Waals surface area contributed by atoms with E-state index >= 15 is 0 Å². The molecular formula is C28H23F3O6. The summed E-state index contributed by atoms with van der Waals surface area (Å²) in [6.45, 7) is 6.80. The van der Waals surface area contributed by atoms with Gasteiger partial charge in [-0.25, -0.2) is 4.79 Å². The van der Waals surface area contributed by atoms with Crippen molar-refractivity contribution in [1.29, 1.82) is 0 Å². The van der Waals surface area contributed by atoms with Crippen LogP contribution < -0.4 is 19.6 Å². The van der Waals surface area contributed by atoms with Crippen molar-refractivity contribution in [3.8, 4) is 23.0 Å². The summed E-state index contributed by atoms with van der Waals surface area (Å²) in [5, 5.41) is -0.167. The lowest BCUT2D eigenvalue weighted by atomic mass is 10.1. The quantitative estimate of drug-likeness (QED) is 0.208. The molecule has 192 valence electrons. The van der Waals surface area contributed by atoms with Crippen molar-refractivity contribution in [2.45, 2.75) is 33.9 Å². The zero-order valence-electron chi connectivity index (χ0n) is 20.5. The Balaban J connectivity index is 1.62. The molecule has 4 rings (SSSR count). The standard InChI is InChI=1S/C28H23F3O6/c1-15-5-6-17(3)22(11-15)36-26-25(33)21-10-9-20(13-23(21)37-27(26)28(29,30)31)35-24(32)14-34-19-8-7-16(2)18(4)12-19/h5-13H,14H2,1-4H3. The van der Waals surface area contributed by atoms with Gasteiger partial charge in [-0.15, -0.1) is 0 Å². The summed E-state index contributed by atoms with van der Waals surface area (Å²) in [5.74, 6) is -2.89. The Bertz CT molecular complexity index is 1550. The molecule has 0 fully saturated rings. The minimum atomic E-state index is -5.02. The summed E-state index contributed by atoms with van der Waals surface area (Å²) in [6, 6.07) is 13.8. The smallest absolute Gasteiger partial charge is 0.453 e. The van der Waals surface area contributed by atoms with Crippen LogP contribution in [-0.4, -0.2) is 12.6 Å². The number of hydrogen-bond donors (Lipinski definition) is 0. The van der Waals surface area contributed by atoms with Gasteiger partial charge < -0.3 is 18.6 Å². The molecule has 3 aromatic carbocycles. The number of benzene rings is 3. The first-order valence-corrected chi connectivity index (χ1v) is 11.3. The molecule has 4 aromatic rings. The lowest BCUT2D eigenvalue weighted by Gasteiger charge is -2.15. The summed E-state index contributed by atoms with van der Waals surface area (Å²) >= 11 is 0. The maximum Gasteiger partial charge on any atom is 0.453 e. The fourth-order valence-corrected chi connectivity index (χ4v) is 3.53. The largest absolute Gasteiger partial charge is 0.482 e. The zero-order chi connectivity index (χ0) is 26.9. The van der Waals surface area contributed by atoms with Crippen molar-refractivity contribution >= 4 is 16.9 Å². The highest BCUT2D eigenvalue weighted by Gasteiger charge is 2.40. The van der Waals surface area contributed by atoms with Gasteiger partial charge in [0.1, 0.15) is 22.8 Å². The number of carbonyl (C=O) groups is 1. The number of esters is 1. The Labute approximate surface area is 210 Å². The van der Waals surface area contributed by atoms with Crippen molar-refractivity contribution in [3.05, 3.63) is 92.8 Å². The second-order valence-corrected chi connectivity index (χ2v) is 8.62. The summed E-state index contributed by atoms with van der Waals surface area (Å²) in [7, 11) is 0. The normalized spacial score (nSPS) is 11.4. The summed E-state index contributed by atoms with van der Waals surface area (Å²) in [5.41, 5.74) is 1.91. The van der Waals surface area contributed by atoms with E-state index < -0.39 is 41.3 Å². The van der Waals surface area contributed by atoms with E-state index in [4.69, 9.17) is 18.6 Å². The molecule has 0 aliphatic heterocycles.